The standard InChI is InChI=1S/C16H11N5O7/c22-14(8-28-11-3-1-2-9(6-11)20(24)25)18-19-15-12-7-10(21(26)27)4-5-13(12)17-16(15)23/h1-7,17,23H,8H2. The lowest BCUT2D eigenvalue weighted by atomic mass is 10.2. The van der Waals surface area contributed by atoms with Gasteiger partial charge in [0, 0.05) is 23.6 Å². The predicted octanol–water partition coefficient (Wildman–Crippen LogP) is 3.38. The van der Waals surface area contributed by atoms with Crippen LogP contribution in [0.15, 0.2) is 52.7 Å². The predicted molar refractivity (Wildman–Crippen MR) is 94.7 cm³/mol. The number of hydrogen-bond donors (Lipinski definition) is 2. The van der Waals surface area contributed by atoms with Crippen LogP contribution in [-0.2, 0) is 4.79 Å². The van der Waals surface area contributed by atoms with Gasteiger partial charge in [0.15, 0.2) is 12.3 Å². The van der Waals surface area contributed by atoms with Gasteiger partial charge >= 0.3 is 5.91 Å². The highest BCUT2D eigenvalue weighted by Crippen LogP contribution is 2.37. The third kappa shape index (κ3) is 3.90. The van der Waals surface area contributed by atoms with Gasteiger partial charge in [0.1, 0.15) is 5.75 Å². The number of fused-ring (bicyclic) bond motifs is 1. The molecule has 0 unspecified atom stereocenters. The number of nitro benzene ring substituents is 2. The van der Waals surface area contributed by atoms with Crippen LogP contribution in [0.5, 0.6) is 11.6 Å². The van der Waals surface area contributed by atoms with Gasteiger partial charge < -0.3 is 14.8 Å². The molecule has 0 fully saturated rings. The van der Waals surface area contributed by atoms with Crippen LogP contribution in [0.4, 0.5) is 17.1 Å². The number of nitro groups is 2. The maximum absolute atomic E-state index is 11.8. The lowest BCUT2D eigenvalue weighted by Gasteiger charge is -2.02. The Morgan fingerprint density at radius 3 is 2.54 bits per heavy atom. The van der Waals surface area contributed by atoms with E-state index in [1.54, 1.807) is 0 Å². The molecule has 0 radical (unpaired) electrons. The average molecular weight is 385 g/mol. The number of rotatable bonds is 6. The summed E-state index contributed by atoms with van der Waals surface area (Å²) in [6, 6.07) is 9.07. The molecule has 0 spiro atoms. The number of carbonyl (C=O) groups is 1. The number of nitrogens with zero attached hydrogens (tertiary/aromatic N) is 4. The second kappa shape index (κ2) is 7.49. The number of H-pyrrole nitrogens is 1. The molecule has 28 heavy (non-hydrogen) atoms. The summed E-state index contributed by atoms with van der Waals surface area (Å²) in [6.07, 6.45) is 0. The quantitative estimate of drug-likeness (QED) is 0.371. The molecule has 0 aliphatic heterocycles. The van der Waals surface area contributed by atoms with Crippen LogP contribution in [0.1, 0.15) is 0 Å². The topological polar surface area (TPSA) is 173 Å². The van der Waals surface area contributed by atoms with Crippen LogP contribution in [0.3, 0.4) is 0 Å². The molecule has 0 bridgehead atoms. The number of aromatic hydroxyl groups is 1. The summed E-state index contributed by atoms with van der Waals surface area (Å²) in [5, 5.41) is 38.7. The summed E-state index contributed by atoms with van der Waals surface area (Å²) < 4.78 is 5.13. The highest BCUT2D eigenvalue weighted by Gasteiger charge is 2.15. The van der Waals surface area contributed by atoms with Gasteiger partial charge in [-0.3, -0.25) is 25.0 Å². The molecule has 2 aromatic carbocycles. The van der Waals surface area contributed by atoms with Crippen LogP contribution in [0.2, 0.25) is 0 Å². The zero-order valence-corrected chi connectivity index (χ0v) is 13.9. The number of benzene rings is 2. The van der Waals surface area contributed by atoms with Gasteiger partial charge in [-0.15, -0.1) is 10.2 Å². The first kappa shape index (κ1) is 18.4. The Morgan fingerprint density at radius 2 is 1.82 bits per heavy atom. The summed E-state index contributed by atoms with van der Waals surface area (Å²) in [7, 11) is 0. The molecule has 1 amide bonds. The van der Waals surface area contributed by atoms with Gasteiger partial charge in [-0.2, -0.15) is 0 Å². The Balaban J connectivity index is 1.74. The fourth-order valence-corrected chi connectivity index (χ4v) is 2.33. The van der Waals surface area contributed by atoms with Gasteiger partial charge in [0.25, 0.3) is 11.4 Å². The Hall–Kier alpha value is -4.35. The Bertz CT molecular complexity index is 1120. The van der Waals surface area contributed by atoms with Gasteiger partial charge in [0.05, 0.1) is 21.4 Å². The van der Waals surface area contributed by atoms with E-state index in [9.17, 15) is 30.1 Å². The number of hydrogen-bond acceptors (Lipinski definition) is 8. The fraction of sp³-hybridized carbons (Fsp3) is 0.0625. The number of azo groups is 1. The SMILES string of the molecule is O=C(COc1cccc([N+](=O)[O-])c1)N=Nc1c(O)[nH]c2ccc([N+](=O)[O-])cc12. The highest BCUT2D eigenvalue weighted by atomic mass is 16.6. The van der Waals surface area contributed by atoms with Crippen LogP contribution >= 0.6 is 0 Å². The number of aromatic amines is 1. The van der Waals surface area contributed by atoms with Crippen molar-refractivity contribution >= 4 is 33.9 Å². The largest absolute Gasteiger partial charge is 0.493 e. The molecule has 12 nitrogen and oxygen atoms in total. The van der Waals surface area contributed by atoms with Crippen molar-refractivity contribution < 1.29 is 24.5 Å². The number of nitrogens with one attached hydrogen (secondary N) is 1. The average Bonchev–Trinajstić information content (AvgIpc) is 2.99. The molecule has 3 aromatic rings. The van der Waals surface area contributed by atoms with E-state index in [2.05, 4.69) is 15.2 Å². The minimum absolute atomic E-state index is 0.100. The number of aromatic nitrogens is 1. The molecule has 0 atom stereocenters. The first-order chi connectivity index (χ1) is 13.3. The van der Waals surface area contributed by atoms with Crippen molar-refractivity contribution in [2.24, 2.45) is 10.2 Å². The fourth-order valence-electron chi connectivity index (χ4n) is 2.33. The van der Waals surface area contributed by atoms with Crippen molar-refractivity contribution in [2.45, 2.75) is 0 Å². The minimum atomic E-state index is -0.828. The van der Waals surface area contributed by atoms with Gasteiger partial charge in [-0.05, 0) is 12.1 Å². The van der Waals surface area contributed by atoms with Crippen molar-refractivity contribution in [3.05, 3.63) is 62.7 Å². The normalized spacial score (nSPS) is 11.0. The van der Waals surface area contributed by atoms with Crippen molar-refractivity contribution in [1.82, 2.24) is 4.98 Å². The number of ether oxygens (including phenoxy) is 1. The van der Waals surface area contributed by atoms with E-state index in [-0.39, 0.29) is 28.2 Å². The molecule has 3 rings (SSSR count). The smallest absolute Gasteiger partial charge is 0.302 e. The number of carbonyl (C=O) groups excluding carboxylic acids is 1. The molecule has 12 heteroatoms. The second-order valence-electron chi connectivity index (χ2n) is 5.45. The Kier molecular flexibility index (Phi) is 4.93. The molecule has 0 saturated heterocycles. The highest BCUT2D eigenvalue weighted by molar-refractivity contribution is 5.95. The zero-order valence-electron chi connectivity index (χ0n) is 13.9. The number of amides is 1. The van der Waals surface area contributed by atoms with E-state index in [4.69, 9.17) is 4.74 Å². The van der Waals surface area contributed by atoms with Gasteiger partial charge in [-0.1, -0.05) is 6.07 Å². The summed E-state index contributed by atoms with van der Waals surface area (Å²) in [5.74, 6) is -1.14. The summed E-state index contributed by atoms with van der Waals surface area (Å²) in [4.78, 5) is 34.8. The maximum Gasteiger partial charge on any atom is 0.302 e. The zero-order chi connectivity index (χ0) is 20.3. The lowest BCUT2D eigenvalue weighted by molar-refractivity contribution is -0.385. The minimum Gasteiger partial charge on any atom is -0.493 e. The van der Waals surface area contributed by atoms with Crippen LogP contribution in [-0.4, -0.2) is 32.5 Å². The van der Waals surface area contributed by atoms with E-state index in [1.165, 1.54) is 36.4 Å². The molecule has 142 valence electrons. The maximum atomic E-state index is 11.8. The first-order valence-electron chi connectivity index (χ1n) is 7.66. The van der Waals surface area contributed by atoms with Crippen molar-refractivity contribution in [3.8, 4) is 11.6 Å². The van der Waals surface area contributed by atoms with Crippen LogP contribution in [0.25, 0.3) is 10.9 Å². The molecular formula is C16H11N5O7. The molecule has 1 heterocycles. The molecule has 0 aliphatic rings. The van der Waals surface area contributed by atoms with Crippen molar-refractivity contribution in [2.75, 3.05) is 6.61 Å². The van der Waals surface area contributed by atoms with E-state index in [1.807, 2.05) is 0 Å². The third-order valence-corrected chi connectivity index (χ3v) is 3.60. The van der Waals surface area contributed by atoms with Gasteiger partial charge in [0.2, 0.25) is 5.88 Å². The first-order valence-corrected chi connectivity index (χ1v) is 7.66. The molecular weight excluding hydrogens is 374 g/mol. The van der Waals surface area contributed by atoms with Crippen LogP contribution in [0, 0.1) is 20.2 Å². The van der Waals surface area contributed by atoms with Gasteiger partial charge in [-0.25, -0.2) is 0 Å². The van der Waals surface area contributed by atoms with Crippen molar-refractivity contribution in [3.63, 3.8) is 0 Å². The summed E-state index contributed by atoms with van der Waals surface area (Å²) in [6.45, 7) is -0.548. The van der Waals surface area contributed by atoms with Crippen LogP contribution < -0.4 is 4.74 Å². The van der Waals surface area contributed by atoms with Crippen molar-refractivity contribution in [1.29, 1.82) is 0 Å². The summed E-state index contributed by atoms with van der Waals surface area (Å²) >= 11 is 0. The monoisotopic (exact) mass is 385 g/mol. The second-order valence-corrected chi connectivity index (χ2v) is 5.45. The number of non-ortho nitro benzene ring substituents is 2. The van der Waals surface area contributed by atoms with E-state index < -0.39 is 28.2 Å². The lowest BCUT2D eigenvalue weighted by Crippen LogP contribution is -2.07. The molecule has 1 aromatic heterocycles. The molecule has 0 aliphatic carbocycles. The molecule has 0 saturated carbocycles. The van der Waals surface area contributed by atoms with E-state index in [0.717, 1.165) is 6.07 Å². The van der Waals surface area contributed by atoms with E-state index in [0.29, 0.717) is 5.52 Å². The summed E-state index contributed by atoms with van der Waals surface area (Å²) in [5.41, 5.74) is -0.181. The van der Waals surface area contributed by atoms with E-state index >= 15 is 0 Å². The third-order valence-electron chi connectivity index (χ3n) is 3.60. The Labute approximate surface area is 155 Å². The Morgan fingerprint density at radius 1 is 1.11 bits per heavy atom. The molecule has 2 N–H and O–H groups in total.